The highest BCUT2D eigenvalue weighted by Crippen LogP contribution is 2.15. The molecule has 2 nitrogen and oxygen atoms in total. The molecular formula is C13H25N2+. The first kappa shape index (κ1) is 11.0. The largest absolute Gasteiger partial charge is 0.266 e. The van der Waals surface area contributed by atoms with Crippen molar-refractivity contribution in [2.45, 2.75) is 51.9 Å². The van der Waals surface area contributed by atoms with Crippen LogP contribution in [0.3, 0.4) is 0 Å². The molecule has 2 aliphatic heterocycles. The van der Waals surface area contributed by atoms with Crippen LogP contribution in [-0.2, 0) is 0 Å². The third-order valence-electron chi connectivity index (χ3n) is 3.70. The molecule has 0 radical (unpaired) electrons. The summed E-state index contributed by atoms with van der Waals surface area (Å²) in [6.07, 6.45) is 9.64. The fraction of sp³-hybridized carbons (Fsp3) is 0.923. The SMILES string of the molecule is CCCCN1CCC[N+]2=C1CCCCC2. The molecule has 0 aliphatic carbocycles. The molecule has 0 aromatic heterocycles. The highest BCUT2D eigenvalue weighted by atomic mass is 15.3. The summed E-state index contributed by atoms with van der Waals surface area (Å²) in [4.78, 5) is 2.66. The lowest BCUT2D eigenvalue weighted by Crippen LogP contribution is -2.44. The van der Waals surface area contributed by atoms with E-state index < -0.39 is 0 Å². The van der Waals surface area contributed by atoms with Gasteiger partial charge in [0.2, 0.25) is 5.84 Å². The Morgan fingerprint density at radius 3 is 2.87 bits per heavy atom. The van der Waals surface area contributed by atoms with Crippen molar-refractivity contribution in [3.8, 4) is 0 Å². The Kier molecular flexibility index (Phi) is 4.04. The van der Waals surface area contributed by atoms with Crippen molar-refractivity contribution >= 4 is 5.84 Å². The molecule has 0 atom stereocenters. The van der Waals surface area contributed by atoms with Gasteiger partial charge in [0.25, 0.3) is 0 Å². The lowest BCUT2D eigenvalue weighted by Gasteiger charge is -2.26. The van der Waals surface area contributed by atoms with Gasteiger partial charge in [0, 0.05) is 12.8 Å². The summed E-state index contributed by atoms with van der Waals surface area (Å²) in [6, 6.07) is 0. The molecule has 86 valence electrons. The molecule has 2 rings (SSSR count). The minimum Gasteiger partial charge on any atom is -0.266 e. The van der Waals surface area contributed by atoms with Gasteiger partial charge < -0.3 is 0 Å². The number of hydrogen-bond donors (Lipinski definition) is 0. The average molecular weight is 209 g/mol. The highest BCUT2D eigenvalue weighted by molar-refractivity contribution is 5.77. The molecule has 0 aromatic rings. The van der Waals surface area contributed by atoms with E-state index in [9.17, 15) is 0 Å². The zero-order valence-corrected chi connectivity index (χ0v) is 10.2. The maximum Gasteiger partial charge on any atom is 0.246 e. The Balaban J connectivity index is 2.03. The van der Waals surface area contributed by atoms with E-state index in [4.69, 9.17) is 0 Å². The van der Waals surface area contributed by atoms with Crippen molar-refractivity contribution in [3.05, 3.63) is 0 Å². The molecule has 0 amide bonds. The molecule has 0 bridgehead atoms. The predicted molar refractivity (Wildman–Crippen MR) is 64.6 cm³/mol. The van der Waals surface area contributed by atoms with Crippen LogP contribution in [0.1, 0.15) is 51.9 Å². The summed E-state index contributed by atoms with van der Waals surface area (Å²) in [7, 11) is 0. The summed E-state index contributed by atoms with van der Waals surface area (Å²) >= 11 is 0. The lowest BCUT2D eigenvalue weighted by atomic mass is 10.2. The van der Waals surface area contributed by atoms with Gasteiger partial charge in [-0.15, -0.1) is 0 Å². The van der Waals surface area contributed by atoms with E-state index in [2.05, 4.69) is 16.4 Å². The normalized spacial score (nSPS) is 22.6. The zero-order valence-electron chi connectivity index (χ0n) is 10.2. The molecule has 2 heteroatoms. The minimum absolute atomic E-state index is 1.29. The topological polar surface area (TPSA) is 6.25 Å². The molecule has 0 unspecified atom stereocenters. The van der Waals surface area contributed by atoms with Crippen LogP contribution in [0.4, 0.5) is 0 Å². The van der Waals surface area contributed by atoms with E-state index in [0.717, 1.165) is 0 Å². The smallest absolute Gasteiger partial charge is 0.246 e. The van der Waals surface area contributed by atoms with E-state index in [0.29, 0.717) is 0 Å². The molecular weight excluding hydrogens is 184 g/mol. The summed E-state index contributed by atoms with van der Waals surface area (Å²) < 4.78 is 2.66. The number of amidine groups is 1. The third kappa shape index (κ3) is 2.73. The zero-order chi connectivity index (χ0) is 10.5. The maximum absolute atomic E-state index is 2.66. The fourth-order valence-corrected chi connectivity index (χ4v) is 2.82. The van der Waals surface area contributed by atoms with Crippen molar-refractivity contribution in [2.75, 3.05) is 26.2 Å². The van der Waals surface area contributed by atoms with Crippen LogP contribution in [0.2, 0.25) is 0 Å². The van der Waals surface area contributed by atoms with Crippen molar-refractivity contribution < 1.29 is 4.58 Å². The van der Waals surface area contributed by atoms with E-state index in [1.807, 2.05) is 0 Å². The van der Waals surface area contributed by atoms with Crippen LogP contribution in [0.15, 0.2) is 0 Å². The van der Waals surface area contributed by atoms with E-state index in [-0.39, 0.29) is 0 Å². The maximum atomic E-state index is 2.66. The lowest BCUT2D eigenvalue weighted by molar-refractivity contribution is -0.539. The molecule has 0 fully saturated rings. The van der Waals surface area contributed by atoms with Gasteiger partial charge in [-0.05, 0) is 25.7 Å². The van der Waals surface area contributed by atoms with Crippen molar-refractivity contribution in [3.63, 3.8) is 0 Å². The molecule has 15 heavy (non-hydrogen) atoms. The van der Waals surface area contributed by atoms with Crippen LogP contribution in [-0.4, -0.2) is 41.5 Å². The van der Waals surface area contributed by atoms with Gasteiger partial charge in [-0.25, -0.2) is 0 Å². The van der Waals surface area contributed by atoms with E-state index in [1.54, 1.807) is 5.84 Å². The molecule has 0 aromatic carbocycles. The number of rotatable bonds is 3. The number of unbranched alkanes of at least 4 members (excludes halogenated alkanes) is 1. The molecule has 2 aliphatic rings. The first-order valence-electron chi connectivity index (χ1n) is 6.77. The Morgan fingerprint density at radius 1 is 1.13 bits per heavy atom. The summed E-state index contributed by atoms with van der Waals surface area (Å²) in [5.41, 5.74) is 0. The number of nitrogens with zero attached hydrogens (tertiary/aromatic N) is 2. The Labute approximate surface area is 94.0 Å². The Morgan fingerprint density at radius 2 is 2.00 bits per heavy atom. The van der Waals surface area contributed by atoms with Crippen molar-refractivity contribution in [2.24, 2.45) is 0 Å². The summed E-state index contributed by atoms with van der Waals surface area (Å²) in [5, 5.41) is 0. The van der Waals surface area contributed by atoms with E-state index in [1.165, 1.54) is 71.1 Å². The fourth-order valence-electron chi connectivity index (χ4n) is 2.82. The Bertz CT molecular complexity index is 233. The predicted octanol–water partition coefficient (Wildman–Crippen LogP) is 2.48. The van der Waals surface area contributed by atoms with Gasteiger partial charge in [0.15, 0.2) is 0 Å². The van der Waals surface area contributed by atoms with Crippen LogP contribution >= 0.6 is 0 Å². The minimum atomic E-state index is 1.29. The summed E-state index contributed by atoms with van der Waals surface area (Å²) in [6.45, 7) is 7.53. The molecule has 0 saturated heterocycles. The van der Waals surface area contributed by atoms with Crippen LogP contribution in [0.5, 0.6) is 0 Å². The first-order chi connectivity index (χ1) is 7.42. The quantitative estimate of drug-likeness (QED) is 0.647. The van der Waals surface area contributed by atoms with Gasteiger partial charge in [0.05, 0.1) is 26.2 Å². The second kappa shape index (κ2) is 5.53. The molecule has 0 spiro atoms. The van der Waals surface area contributed by atoms with Crippen LogP contribution in [0, 0.1) is 0 Å². The first-order valence-corrected chi connectivity index (χ1v) is 6.77. The third-order valence-corrected chi connectivity index (χ3v) is 3.70. The molecule has 2 heterocycles. The second-order valence-corrected chi connectivity index (χ2v) is 4.91. The van der Waals surface area contributed by atoms with Gasteiger partial charge in [-0.1, -0.05) is 13.3 Å². The average Bonchev–Trinajstić information content (AvgIpc) is 2.51. The van der Waals surface area contributed by atoms with Gasteiger partial charge in [0.1, 0.15) is 0 Å². The molecule has 0 N–H and O–H groups in total. The van der Waals surface area contributed by atoms with Gasteiger partial charge in [-0.3, -0.25) is 9.48 Å². The second-order valence-electron chi connectivity index (χ2n) is 4.91. The monoisotopic (exact) mass is 209 g/mol. The highest BCUT2D eigenvalue weighted by Gasteiger charge is 2.27. The van der Waals surface area contributed by atoms with Crippen LogP contribution in [0.25, 0.3) is 0 Å². The standard InChI is InChI=1S/C13H25N2/c1-2-3-9-14-11-7-12-15-10-6-4-5-8-13(14)15/h2-12H2,1H3/q+1. The number of hydrogen-bond acceptors (Lipinski definition) is 1. The summed E-state index contributed by atoms with van der Waals surface area (Å²) in [5.74, 6) is 1.67. The van der Waals surface area contributed by atoms with E-state index >= 15 is 0 Å². The van der Waals surface area contributed by atoms with Crippen molar-refractivity contribution in [1.82, 2.24) is 4.90 Å². The van der Waals surface area contributed by atoms with Crippen LogP contribution < -0.4 is 0 Å². The van der Waals surface area contributed by atoms with Gasteiger partial charge in [-0.2, -0.15) is 0 Å². The van der Waals surface area contributed by atoms with Crippen molar-refractivity contribution in [1.29, 1.82) is 0 Å². The molecule has 0 saturated carbocycles. The Hall–Kier alpha value is -0.530. The van der Waals surface area contributed by atoms with Gasteiger partial charge >= 0.3 is 0 Å².